The van der Waals surface area contributed by atoms with Crippen molar-refractivity contribution in [3.63, 3.8) is 0 Å². The van der Waals surface area contributed by atoms with Gasteiger partial charge < -0.3 is 4.74 Å². The number of alkyl halides is 5. The molecule has 0 aliphatic heterocycles. The van der Waals surface area contributed by atoms with Gasteiger partial charge in [-0.3, -0.25) is 4.39 Å². The second-order valence-electron chi connectivity index (χ2n) is 9.37. The van der Waals surface area contributed by atoms with Crippen LogP contribution in [-0.4, -0.2) is 19.2 Å². The third-order valence-electron chi connectivity index (χ3n) is 7.06. The lowest BCUT2D eigenvalue weighted by Crippen LogP contribution is -2.33. The molecule has 0 aromatic heterocycles. The maximum absolute atomic E-state index is 12.7. The van der Waals surface area contributed by atoms with Crippen LogP contribution in [0.15, 0.2) is 18.2 Å². The number of hydrogen-bond acceptors (Lipinski definition) is 1. The Hall–Kier alpha value is -1.47. The first-order valence-corrected chi connectivity index (χ1v) is 12.0. The highest BCUT2D eigenvalue weighted by Gasteiger charge is 2.44. The SMILES string of the molecule is CCCC1CCC(C2CCC(CCF)CC2)CC1.Fc1ccc(OC(F)(F)C(F)F)c(F)c1. The molecule has 0 heterocycles. The van der Waals surface area contributed by atoms with E-state index in [0.717, 1.165) is 24.2 Å². The Bertz CT molecular complexity index is 657. The van der Waals surface area contributed by atoms with Crippen molar-refractivity contribution in [1.29, 1.82) is 0 Å². The molecule has 1 aromatic rings. The highest BCUT2D eigenvalue weighted by Crippen LogP contribution is 2.42. The Morgan fingerprint density at radius 2 is 1.39 bits per heavy atom. The van der Waals surface area contributed by atoms with Crippen molar-refractivity contribution in [2.45, 2.75) is 90.1 Å². The van der Waals surface area contributed by atoms with E-state index >= 15 is 0 Å². The van der Waals surface area contributed by atoms with Gasteiger partial charge in [0.25, 0.3) is 0 Å². The summed E-state index contributed by atoms with van der Waals surface area (Å²) in [4.78, 5) is 0. The summed E-state index contributed by atoms with van der Waals surface area (Å²) >= 11 is 0. The molecule has 3 rings (SSSR count). The molecule has 2 fully saturated rings. The summed E-state index contributed by atoms with van der Waals surface area (Å²) in [6.07, 6.45) is 6.11. The molecule has 0 saturated heterocycles. The fraction of sp³-hybridized carbons (Fsp3) is 0.760. The second-order valence-corrected chi connectivity index (χ2v) is 9.37. The molecule has 8 heteroatoms. The lowest BCUT2D eigenvalue weighted by atomic mass is 9.68. The molecule has 190 valence electrons. The first-order chi connectivity index (χ1) is 15.7. The molecule has 1 aromatic carbocycles. The first-order valence-electron chi connectivity index (χ1n) is 12.0. The van der Waals surface area contributed by atoms with Crippen molar-refractivity contribution in [2.24, 2.45) is 23.7 Å². The molecule has 0 bridgehead atoms. The first kappa shape index (κ1) is 27.8. The van der Waals surface area contributed by atoms with Crippen molar-refractivity contribution in [2.75, 3.05) is 6.67 Å². The molecule has 2 saturated carbocycles. The monoisotopic (exact) mass is 484 g/mol. The van der Waals surface area contributed by atoms with Crippen LogP contribution in [0.1, 0.15) is 77.6 Å². The van der Waals surface area contributed by atoms with Crippen LogP contribution < -0.4 is 4.74 Å². The van der Waals surface area contributed by atoms with Crippen LogP contribution in [0, 0.1) is 35.3 Å². The van der Waals surface area contributed by atoms with Crippen molar-refractivity contribution >= 4 is 0 Å². The molecule has 2 aliphatic carbocycles. The molecule has 1 nitrogen and oxygen atoms in total. The van der Waals surface area contributed by atoms with Gasteiger partial charge in [0.2, 0.25) is 0 Å². The van der Waals surface area contributed by atoms with Crippen LogP contribution in [0.3, 0.4) is 0 Å². The van der Waals surface area contributed by atoms with Crippen molar-refractivity contribution in [3.8, 4) is 5.75 Å². The molecular formula is C25H35F7O. The quantitative estimate of drug-likeness (QED) is 0.335. The maximum Gasteiger partial charge on any atom is 0.461 e. The van der Waals surface area contributed by atoms with Gasteiger partial charge in [0.15, 0.2) is 11.6 Å². The third-order valence-corrected chi connectivity index (χ3v) is 7.06. The van der Waals surface area contributed by atoms with Crippen LogP contribution in [0.4, 0.5) is 30.7 Å². The summed E-state index contributed by atoms with van der Waals surface area (Å²) in [7, 11) is 0. The Morgan fingerprint density at radius 3 is 1.82 bits per heavy atom. The predicted octanol–water partition coefficient (Wildman–Crippen LogP) is 8.96. The lowest BCUT2D eigenvalue weighted by Gasteiger charge is -2.37. The van der Waals surface area contributed by atoms with Gasteiger partial charge in [0, 0.05) is 6.07 Å². The van der Waals surface area contributed by atoms with Crippen LogP contribution in [0.5, 0.6) is 5.75 Å². The normalized spacial score (nSPS) is 26.0. The highest BCUT2D eigenvalue weighted by molar-refractivity contribution is 5.25. The van der Waals surface area contributed by atoms with Crippen LogP contribution in [-0.2, 0) is 0 Å². The van der Waals surface area contributed by atoms with Gasteiger partial charge in [0.05, 0.1) is 6.67 Å². The Morgan fingerprint density at radius 1 is 0.879 bits per heavy atom. The zero-order chi connectivity index (χ0) is 24.4. The van der Waals surface area contributed by atoms with E-state index in [0.29, 0.717) is 18.1 Å². The number of ether oxygens (including phenoxy) is 1. The van der Waals surface area contributed by atoms with Crippen LogP contribution in [0.25, 0.3) is 0 Å². The fourth-order valence-electron chi connectivity index (χ4n) is 5.21. The molecule has 0 radical (unpaired) electrons. The standard InChI is InChI=1S/C17H31F.C8H4F6O/c1-2-3-14-4-8-16(9-5-14)17-10-6-15(7-11-17)12-13-18;9-4-1-2-6(5(10)3-4)15-8(13,14)7(11)12/h14-17H,2-13H2,1H3;1-3,7H. The number of halogens is 7. The van der Waals surface area contributed by atoms with Gasteiger partial charge in [-0.15, -0.1) is 0 Å². The van der Waals surface area contributed by atoms with E-state index in [1.165, 1.54) is 64.2 Å². The third kappa shape index (κ3) is 9.01. The minimum absolute atomic E-state index is 0.0997. The zero-order valence-corrected chi connectivity index (χ0v) is 19.2. The summed E-state index contributed by atoms with van der Waals surface area (Å²) in [6.45, 7) is 2.22. The molecule has 0 atom stereocenters. The van der Waals surface area contributed by atoms with Gasteiger partial charge in [-0.05, 0) is 67.9 Å². The van der Waals surface area contributed by atoms with E-state index in [2.05, 4.69) is 11.7 Å². The fourth-order valence-corrected chi connectivity index (χ4v) is 5.21. The number of hydrogen-bond donors (Lipinski definition) is 0. The molecule has 33 heavy (non-hydrogen) atoms. The Balaban J connectivity index is 0.000000238. The second kappa shape index (κ2) is 13.4. The largest absolute Gasteiger partial charge is 0.461 e. The Labute approximate surface area is 192 Å². The number of rotatable bonds is 8. The molecule has 0 amide bonds. The average molecular weight is 485 g/mol. The molecular weight excluding hydrogens is 449 g/mol. The summed E-state index contributed by atoms with van der Waals surface area (Å²) in [5.74, 6) is 0.113. The van der Waals surface area contributed by atoms with Gasteiger partial charge in [-0.1, -0.05) is 45.4 Å². The smallest absolute Gasteiger partial charge is 0.425 e. The molecule has 0 unspecified atom stereocenters. The molecule has 2 aliphatic rings. The zero-order valence-electron chi connectivity index (χ0n) is 19.2. The van der Waals surface area contributed by atoms with Gasteiger partial charge >= 0.3 is 12.5 Å². The van der Waals surface area contributed by atoms with Crippen LogP contribution in [0.2, 0.25) is 0 Å². The highest BCUT2D eigenvalue weighted by atomic mass is 19.3. The predicted molar refractivity (Wildman–Crippen MR) is 114 cm³/mol. The minimum Gasteiger partial charge on any atom is -0.425 e. The maximum atomic E-state index is 12.7. The molecule has 0 N–H and O–H groups in total. The van der Waals surface area contributed by atoms with E-state index in [-0.39, 0.29) is 12.7 Å². The summed E-state index contributed by atoms with van der Waals surface area (Å²) in [5, 5.41) is 0. The van der Waals surface area contributed by atoms with Crippen molar-refractivity contribution in [3.05, 3.63) is 29.8 Å². The molecule has 0 spiro atoms. The van der Waals surface area contributed by atoms with E-state index in [4.69, 9.17) is 0 Å². The van der Waals surface area contributed by atoms with E-state index in [1.54, 1.807) is 0 Å². The van der Waals surface area contributed by atoms with E-state index in [1.807, 2.05) is 0 Å². The lowest BCUT2D eigenvalue weighted by molar-refractivity contribution is -0.254. The summed E-state index contributed by atoms with van der Waals surface area (Å²) < 4.78 is 88.6. The minimum atomic E-state index is -4.81. The number of benzene rings is 1. The van der Waals surface area contributed by atoms with Gasteiger partial charge in [-0.2, -0.15) is 17.6 Å². The topological polar surface area (TPSA) is 9.23 Å². The average Bonchev–Trinajstić information content (AvgIpc) is 2.78. The van der Waals surface area contributed by atoms with Gasteiger partial charge in [-0.25, -0.2) is 8.78 Å². The van der Waals surface area contributed by atoms with Crippen molar-refractivity contribution < 1.29 is 35.5 Å². The van der Waals surface area contributed by atoms with Crippen LogP contribution >= 0.6 is 0 Å². The van der Waals surface area contributed by atoms with Crippen molar-refractivity contribution in [1.82, 2.24) is 0 Å². The summed E-state index contributed by atoms with van der Waals surface area (Å²) in [6, 6.07) is 1.36. The van der Waals surface area contributed by atoms with E-state index < -0.39 is 29.9 Å². The van der Waals surface area contributed by atoms with E-state index in [9.17, 15) is 30.7 Å². The summed E-state index contributed by atoms with van der Waals surface area (Å²) in [5.41, 5.74) is 0. The Kier molecular flexibility index (Phi) is 11.3. The van der Waals surface area contributed by atoms with Gasteiger partial charge in [0.1, 0.15) is 5.82 Å².